The number of carbonyl (C=O) groups excluding carboxylic acids is 1. The number of hydrogen-bond acceptors (Lipinski definition) is 4. The molecule has 1 amide bonds. The average Bonchev–Trinajstić information content (AvgIpc) is 3.10. The van der Waals surface area contributed by atoms with E-state index < -0.39 is 11.7 Å². The molecular formula is C13H7F3N4OS. The second-order valence-corrected chi connectivity index (χ2v) is 5.73. The van der Waals surface area contributed by atoms with Gasteiger partial charge < -0.3 is 5.32 Å². The van der Waals surface area contributed by atoms with Crippen molar-refractivity contribution in [1.82, 2.24) is 14.8 Å². The molecule has 4 heterocycles. The first-order valence-corrected chi connectivity index (χ1v) is 7.14. The first-order chi connectivity index (χ1) is 10.4. The van der Waals surface area contributed by atoms with Crippen LogP contribution in [0, 0.1) is 0 Å². The van der Waals surface area contributed by atoms with Gasteiger partial charge in [0.2, 0.25) is 5.91 Å². The predicted octanol–water partition coefficient (Wildman–Crippen LogP) is 3.13. The van der Waals surface area contributed by atoms with Gasteiger partial charge in [0.05, 0.1) is 21.5 Å². The summed E-state index contributed by atoms with van der Waals surface area (Å²) in [6.07, 6.45) is -4.56. The fourth-order valence-electron chi connectivity index (χ4n) is 2.45. The van der Waals surface area contributed by atoms with Gasteiger partial charge in [0.15, 0.2) is 5.65 Å². The molecule has 0 bridgehead atoms. The summed E-state index contributed by atoms with van der Waals surface area (Å²) in [5.74, 6) is -0.336. The van der Waals surface area contributed by atoms with E-state index in [-0.39, 0.29) is 35.0 Å². The Hall–Kier alpha value is -2.42. The van der Waals surface area contributed by atoms with Gasteiger partial charge in [-0.25, -0.2) is 9.67 Å². The molecule has 4 rings (SSSR count). The SMILES string of the molecule is O=C1Cn2nc3nc(-c4cccs4)cc(C(F)(F)F)c3c2N1. The van der Waals surface area contributed by atoms with Crippen molar-refractivity contribution in [2.75, 3.05) is 5.32 Å². The lowest BCUT2D eigenvalue weighted by Gasteiger charge is -2.10. The Kier molecular flexibility index (Phi) is 2.59. The lowest BCUT2D eigenvalue weighted by molar-refractivity contribution is -0.136. The first-order valence-electron chi connectivity index (χ1n) is 6.26. The number of thiophene rings is 1. The molecule has 0 aliphatic carbocycles. The lowest BCUT2D eigenvalue weighted by atomic mass is 10.1. The second kappa shape index (κ2) is 4.29. The van der Waals surface area contributed by atoms with Crippen LogP contribution in [0.5, 0.6) is 0 Å². The quantitative estimate of drug-likeness (QED) is 0.748. The van der Waals surface area contributed by atoms with E-state index in [0.29, 0.717) is 4.88 Å². The molecule has 3 aromatic heterocycles. The summed E-state index contributed by atoms with van der Waals surface area (Å²) in [5.41, 5.74) is -0.643. The molecular weight excluding hydrogens is 317 g/mol. The topological polar surface area (TPSA) is 59.8 Å². The van der Waals surface area contributed by atoms with Crippen molar-refractivity contribution < 1.29 is 18.0 Å². The number of nitrogens with one attached hydrogen (secondary N) is 1. The van der Waals surface area contributed by atoms with Gasteiger partial charge in [-0.3, -0.25) is 4.79 Å². The van der Waals surface area contributed by atoms with Crippen LogP contribution in [0.15, 0.2) is 23.6 Å². The number of pyridine rings is 1. The van der Waals surface area contributed by atoms with E-state index in [1.54, 1.807) is 17.5 Å². The Balaban J connectivity index is 2.04. The van der Waals surface area contributed by atoms with Crippen LogP contribution in [0.1, 0.15) is 5.56 Å². The molecule has 1 aliphatic rings. The number of rotatable bonds is 1. The van der Waals surface area contributed by atoms with Crippen molar-refractivity contribution in [2.45, 2.75) is 12.7 Å². The van der Waals surface area contributed by atoms with Crippen molar-refractivity contribution in [2.24, 2.45) is 0 Å². The van der Waals surface area contributed by atoms with E-state index in [2.05, 4.69) is 15.4 Å². The van der Waals surface area contributed by atoms with Gasteiger partial charge in [0.25, 0.3) is 0 Å². The van der Waals surface area contributed by atoms with Crippen molar-refractivity contribution in [1.29, 1.82) is 0 Å². The minimum atomic E-state index is -4.56. The van der Waals surface area contributed by atoms with Crippen molar-refractivity contribution in [3.05, 3.63) is 29.1 Å². The third-order valence-corrected chi connectivity index (χ3v) is 4.23. The molecule has 0 unspecified atom stereocenters. The zero-order valence-electron chi connectivity index (χ0n) is 10.8. The Bertz CT molecular complexity index is 898. The molecule has 1 N–H and O–H groups in total. The minimum absolute atomic E-state index is 0.0202. The van der Waals surface area contributed by atoms with E-state index in [0.717, 1.165) is 6.07 Å². The van der Waals surface area contributed by atoms with Crippen LogP contribution in [0.2, 0.25) is 0 Å². The molecule has 0 saturated heterocycles. The Morgan fingerprint density at radius 2 is 2.18 bits per heavy atom. The minimum Gasteiger partial charge on any atom is -0.309 e. The number of alkyl halides is 3. The highest BCUT2D eigenvalue weighted by Crippen LogP contribution is 2.41. The standard InChI is InChI=1S/C13H7F3N4OS/c14-13(15,16)6-4-7(8-2-1-3-22-8)17-11-10(6)12-18-9(21)5-20(12)19-11/h1-4H,5H2,(H,18,21). The third-order valence-electron chi connectivity index (χ3n) is 3.34. The molecule has 22 heavy (non-hydrogen) atoms. The number of carbonyl (C=O) groups is 1. The normalized spacial score (nSPS) is 14.4. The van der Waals surface area contributed by atoms with Crippen LogP contribution >= 0.6 is 11.3 Å². The van der Waals surface area contributed by atoms with Crippen LogP contribution in [0.3, 0.4) is 0 Å². The maximum Gasteiger partial charge on any atom is 0.417 e. The van der Waals surface area contributed by atoms with Crippen LogP contribution in [0.4, 0.5) is 19.0 Å². The summed E-state index contributed by atoms with van der Waals surface area (Å²) in [7, 11) is 0. The number of hydrogen-bond donors (Lipinski definition) is 1. The van der Waals surface area contributed by atoms with E-state index in [1.165, 1.54) is 16.0 Å². The zero-order valence-corrected chi connectivity index (χ0v) is 11.6. The molecule has 0 radical (unpaired) electrons. The molecule has 0 saturated carbocycles. The molecule has 3 aromatic rings. The smallest absolute Gasteiger partial charge is 0.309 e. The Morgan fingerprint density at radius 3 is 2.86 bits per heavy atom. The molecule has 1 aliphatic heterocycles. The number of amides is 1. The van der Waals surface area contributed by atoms with Crippen LogP contribution in [0.25, 0.3) is 21.6 Å². The van der Waals surface area contributed by atoms with Gasteiger partial charge in [-0.05, 0) is 17.5 Å². The fraction of sp³-hybridized carbons (Fsp3) is 0.154. The monoisotopic (exact) mass is 324 g/mol. The van der Waals surface area contributed by atoms with Crippen LogP contribution in [-0.2, 0) is 17.5 Å². The fourth-order valence-corrected chi connectivity index (χ4v) is 3.14. The Morgan fingerprint density at radius 1 is 1.36 bits per heavy atom. The van der Waals surface area contributed by atoms with Gasteiger partial charge in [-0.15, -0.1) is 16.4 Å². The second-order valence-electron chi connectivity index (χ2n) is 4.78. The van der Waals surface area contributed by atoms with Crippen molar-refractivity contribution in [3.8, 4) is 10.6 Å². The summed E-state index contributed by atoms with van der Waals surface area (Å²) in [5, 5.41) is 8.02. The number of aromatic nitrogens is 3. The number of nitrogens with zero attached hydrogens (tertiary/aromatic N) is 3. The molecule has 0 aromatic carbocycles. The lowest BCUT2D eigenvalue weighted by Crippen LogP contribution is -2.10. The summed E-state index contributed by atoms with van der Waals surface area (Å²) < 4.78 is 41.4. The summed E-state index contributed by atoms with van der Waals surface area (Å²) in [6, 6.07) is 4.44. The predicted molar refractivity (Wildman–Crippen MR) is 74.5 cm³/mol. The van der Waals surface area contributed by atoms with Gasteiger partial charge in [0, 0.05) is 0 Å². The Labute approximate surface area is 125 Å². The van der Waals surface area contributed by atoms with Gasteiger partial charge in [-0.2, -0.15) is 13.2 Å². The van der Waals surface area contributed by atoms with Crippen LogP contribution in [-0.4, -0.2) is 20.7 Å². The highest BCUT2D eigenvalue weighted by atomic mass is 32.1. The largest absolute Gasteiger partial charge is 0.417 e. The van der Waals surface area contributed by atoms with Crippen molar-refractivity contribution >= 4 is 34.1 Å². The summed E-state index contributed by atoms with van der Waals surface area (Å²) in [6.45, 7) is -0.0999. The highest BCUT2D eigenvalue weighted by Gasteiger charge is 2.37. The van der Waals surface area contributed by atoms with Gasteiger partial charge in [0.1, 0.15) is 12.4 Å². The summed E-state index contributed by atoms with van der Waals surface area (Å²) >= 11 is 1.30. The van der Waals surface area contributed by atoms with E-state index >= 15 is 0 Å². The molecule has 9 heteroatoms. The van der Waals surface area contributed by atoms with E-state index in [9.17, 15) is 18.0 Å². The zero-order chi connectivity index (χ0) is 15.5. The summed E-state index contributed by atoms with van der Waals surface area (Å²) in [4.78, 5) is 16.2. The maximum atomic E-state index is 13.4. The third kappa shape index (κ3) is 1.89. The van der Waals surface area contributed by atoms with E-state index in [1.807, 2.05) is 0 Å². The maximum absolute atomic E-state index is 13.4. The van der Waals surface area contributed by atoms with Crippen molar-refractivity contribution in [3.63, 3.8) is 0 Å². The highest BCUT2D eigenvalue weighted by molar-refractivity contribution is 7.13. The molecule has 5 nitrogen and oxygen atoms in total. The van der Waals surface area contributed by atoms with Gasteiger partial charge in [-0.1, -0.05) is 6.07 Å². The number of anilines is 1. The van der Waals surface area contributed by atoms with Crippen LogP contribution < -0.4 is 5.32 Å². The molecule has 0 atom stereocenters. The number of halogens is 3. The molecule has 0 spiro atoms. The van der Waals surface area contributed by atoms with Gasteiger partial charge >= 0.3 is 6.18 Å². The molecule has 112 valence electrons. The molecule has 0 fully saturated rings. The average molecular weight is 324 g/mol. The first kappa shape index (κ1) is 13.3. The number of fused-ring (bicyclic) bond motifs is 3. The van der Waals surface area contributed by atoms with E-state index in [4.69, 9.17) is 0 Å².